The van der Waals surface area contributed by atoms with E-state index in [2.05, 4.69) is 20.4 Å². The van der Waals surface area contributed by atoms with Gasteiger partial charge in [-0.25, -0.2) is 18.2 Å². The van der Waals surface area contributed by atoms with Crippen molar-refractivity contribution < 1.29 is 40.7 Å². The normalized spacial score (nSPS) is 16.2. The molecular formula is C20H23F3N4O6S2. The lowest BCUT2D eigenvalue weighted by Gasteiger charge is -2.35. The molecule has 0 spiro atoms. The highest BCUT2D eigenvalue weighted by Crippen LogP contribution is 2.40. The zero-order valence-corrected chi connectivity index (χ0v) is 20.7. The standard InChI is InChI=1S/C20H23F3N4O6S2/c1-11-17(34-10-25-11)35(30,31)27-9-14(8-24-12(2)28)32-16-6-5-13(7-15(16)27)26-18(29)33-19(3,4)20(21,22)23/h5-7,10,14H,8-9H2,1-4H3,(H,24,28)(H,26,29)/t14-/m0/s1. The van der Waals surface area contributed by atoms with Crippen LogP contribution in [0.15, 0.2) is 27.9 Å². The minimum Gasteiger partial charge on any atom is -0.484 e. The molecule has 2 heterocycles. The predicted octanol–water partition coefficient (Wildman–Crippen LogP) is 3.43. The van der Waals surface area contributed by atoms with E-state index in [9.17, 15) is 31.2 Å². The minimum atomic E-state index is -4.80. The molecule has 35 heavy (non-hydrogen) atoms. The van der Waals surface area contributed by atoms with Gasteiger partial charge in [0.2, 0.25) is 11.5 Å². The fourth-order valence-electron chi connectivity index (χ4n) is 3.05. The molecule has 3 rings (SSSR count). The largest absolute Gasteiger partial charge is 0.484 e. The van der Waals surface area contributed by atoms with Crippen LogP contribution in [-0.4, -0.2) is 56.4 Å². The van der Waals surface area contributed by atoms with Gasteiger partial charge < -0.3 is 14.8 Å². The molecule has 0 fully saturated rings. The van der Waals surface area contributed by atoms with E-state index in [-0.39, 0.29) is 46.0 Å². The molecule has 1 aliphatic heterocycles. The van der Waals surface area contributed by atoms with Gasteiger partial charge in [0.25, 0.3) is 10.0 Å². The van der Waals surface area contributed by atoms with E-state index in [1.807, 2.05) is 0 Å². The van der Waals surface area contributed by atoms with Crippen LogP contribution in [0.1, 0.15) is 26.5 Å². The van der Waals surface area contributed by atoms with Crippen LogP contribution in [0.5, 0.6) is 5.75 Å². The number of alkyl halides is 3. The Hall–Kier alpha value is -3.07. The zero-order valence-electron chi connectivity index (χ0n) is 19.1. The summed E-state index contributed by atoms with van der Waals surface area (Å²) < 4.78 is 77.4. The Kier molecular flexibility index (Phi) is 7.22. The van der Waals surface area contributed by atoms with Gasteiger partial charge in [-0.15, -0.1) is 11.3 Å². The lowest BCUT2D eigenvalue weighted by atomic mass is 10.1. The third-order valence-corrected chi connectivity index (χ3v) is 8.30. The molecule has 192 valence electrons. The number of carbonyl (C=O) groups is 2. The maximum Gasteiger partial charge on any atom is 0.427 e. The van der Waals surface area contributed by atoms with Gasteiger partial charge in [-0.1, -0.05) is 0 Å². The van der Waals surface area contributed by atoms with Crippen molar-refractivity contribution in [1.82, 2.24) is 10.3 Å². The molecule has 1 atom stereocenters. The topological polar surface area (TPSA) is 127 Å². The molecule has 2 amide bonds. The number of anilines is 2. The number of thiazole rings is 1. The molecule has 2 N–H and O–H groups in total. The smallest absolute Gasteiger partial charge is 0.427 e. The average Bonchev–Trinajstić information content (AvgIpc) is 3.17. The number of aryl methyl sites for hydroxylation is 1. The number of halogens is 3. The lowest BCUT2D eigenvalue weighted by molar-refractivity contribution is -0.242. The number of nitrogens with zero attached hydrogens (tertiary/aromatic N) is 2. The van der Waals surface area contributed by atoms with Crippen LogP contribution in [-0.2, 0) is 19.6 Å². The van der Waals surface area contributed by atoms with E-state index in [0.717, 1.165) is 15.6 Å². The maximum atomic E-state index is 13.5. The number of aromatic nitrogens is 1. The van der Waals surface area contributed by atoms with E-state index in [0.29, 0.717) is 13.8 Å². The molecule has 10 nitrogen and oxygen atoms in total. The minimum absolute atomic E-state index is 0.00618. The molecule has 0 bridgehead atoms. The summed E-state index contributed by atoms with van der Waals surface area (Å²) in [6.07, 6.45) is -6.90. The first-order valence-electron chi connectivity index (χ1n) is 10.2. The number of sulfonamides is 1. The van der Waals surface area contributed by atoms with Gasteiger partial charge in [-0.05, 0) is 39.0 Å². The van der Waals surface area contributed by atoms with Gasteiger partial charge >= 0.3 is 12.3 Å². The quantitative estimate of drug-likeness (QED) is 0.579. The van der Waals surface area contributed by atoms with Gasteiger partial charge in [-0.2, -0.15) is 13.2 Å². The molecular weight excluding hydrogens is 513 g/mol. The second-order valence-corrected chi connectivity index (χ2v) is 11.1. The Morgan fingerprint density at radius 2 is 2.00 bits per heavy atom. The van der Waals surface area contributed by atoms with Gasteiger partial charge in [0.15, 0.2) is 4.21 Å². The van der Waals surface area contributed by atoms with Crippen LogP contribution in [0.2, 0.25) is 0 Å². The molecule has 0 aliphatic carbocycles. The van der Waals surface area contributed by atoms with Gasteiger partial charge in [0.1, 0.15) is 11.9 Å². The van der Waals surface area contributed by atoms with Crippen LogP contribution < -0.4 is 19.7 Å². The number of fused-ring (bicyclic) bond motifs is 1. The van der Waals surface area contributed by atoms with Gasteiger partial charge in [0, 0.05) is 12.6 Å². The Morgan fingerprint density at radius 1 is 1.31 bits per heavy atom. The molecule has 1 aromatic carbocycles. The molecule has 1 aromatic heterocycles. The molecule has 1 aliphatic rings. The Balaban J connectivity index is 1.94. The van der Waals surface area contributed by atoms with Crippen LogP contribution in [0, 0.1) is 6.92 Å². The van der Waals surface area contributed by atoms with E-state index < -0.39 is 34.0 Å². The molecule has 0 unspecified atom stereocenters. The summed E-state index contributed by atoms with van der Waals surface area (Å²) in [5.74, 6) is -0.196. The van der Waals surface area contributed by atoms with Crippen LogP contribution in [0.4, 0.5) is 29.3 Å². The van der Waals surface area contributed by atoms with Crippen molar-refractivity contribution in [2.24, 2.45) is 0 Å². The number of rotatable bonds is 6. The fraction of sp³-hybridized carbons (Fsp3) is 0.450. The van der Waals surface area contributed by atoms with Crippen molar-refractivity contribution in [2.45, 2.75) is 49.8 Å². The molecule has 0 radical (unpaired) electrons. The highest BCUT2D eigenvalue weighted by atomic mass is 32.2. The van der Waals surface area contributed by atoms with Crippen LogP contribution in [0.25, 0.3) is 0 Å². The second kappa shape index (κ2) is 9.53. The molecule has 15 heteroatoms. The lowest BCUT2D eigenvalue weighted by Crippen LogP contribution is -2.48. The summed E-state index contributed by atoms with van der Waals surface area (Å²) in [7, 11) is -4.12. The monoisotopic (exact) mass is 536 g/mol. The molecule has 2 aromatic rings. The van der Waals surface area contributed by atoms with E-state index in [1.54, 1.807) is 0 Å². The molecule has 0 saturated carbocycles. The molecule has 0 saturated heterocycles. The second-order valence-electron chi connectivity index (χ2n) is 8.14. The number of benzene rings is 1. The van der Waals surface area contributed by atoms with Crippen LogP contribution in [0.3, 0.4) is 0 Å². The Labute approximate surface area is 203 Å². The summed E-state index contributed by atoms with van der Waals surface area (Å²) in [5.41, 5.74) is -1.05. The first-order chi connectivity index (χ1) is 16.1. The summed E-state index contributed by atoms with van der Waals surface area (Å²) in [5, 5.41) is 4.76. The summed E-state index contributed by atoms with van der Waals surface area (Å²) in [4.78, 5) is 27.4. The number of hydrogen-bond donors (Lipinski definition) is 2. The Bertz CT molecular complexity index is 1230. The van der Waals surface area contributed by atoms with E-state index in [1.165, 1.54) is 37.6 Å². The fourth-order valence-corrected chi connectivity index (χ4v) is 5.86. The number of amides is 2. The van der Waals surface area contributed by atoms with Crippen molar-refractivity contribution in [1.29, 1.82) is 0 Å². The number of hydrogen-bond acceptors (Lipinski definition) is 8. The summed E-state index contributed by atoms with van der Waals surface area (Å²) in [6.45, 7) is 4.10. The summed E-state index contributed by atoms with van der Waals surface area (Å²) in [6, 6.07) is 3.94. The zero-order chi connectivity index (χ0) is 26.2. The van der Waals surface area contributed by atoms with Crippen molar-refractivity contribution in [3.63, 3.8) is 0 Å². The van der Waals surface area contributed by atoms with Crippen molar-refractivity contribution >= 4 is 44.7 Å². The number of carbonyl (C=O) groups excluding carboxylic acids is 2. The van der Waals surface area contributed by atoms with Gasteiger partial charge in [-0.3, -0.25) is 14.4 Å². The van der Waals surface area contributed by atoms with E-state index in [4.69, 9.17) is 4.74 Å². The highest BCUT2D eigenvalue weighted by Gasteiger charge is 2.51. The maximum absolute atomic E-state index is 13.5. The van der Waals surface area contributed by atoms with Crippen molar-refractivity contribution in [3.05, 3.63) is 29.4 Å². The predicted molar refractivity (Wildman–Crippen MR) is 121 cm³/mol. The third kappa shape index (κ3) is 5.78. The first-order valence-corrected chi connectivity index (χ1v) is 12.5. The highest BCUT2D eigenvalue weighted by molar-refractivity contribution is 7.94. The van der Waals surface area contributed by atoms with Crippen molar-refractivity contribution in [3.8, 4) is 5.75 Å². The van der Waals surface area contributed by atoms with Gasteiger partial charge in [0.05, 0.1) is 30.0 Å². The van der Waals surface area contributed by atoms with Crippen molar-refractivity contribution in [2.75, 3.05) is 22.7 Å². The SMILES string of the molecule is CC(=O)NC[C@H]1CN(S(=O)(=O)c2scnc2C)c2cc(NC(=O)OC(C)(C)C(F)(F)F)ccc2O1. The average molecular weight is 537 g/mol. The third-order valence-electron chi connectivity index (χ3n) is 4.97. The number of ether oxygens (including phenoxy) is 2. The number of nitrogens with one attached hydrogen (secondary N) is 2. The first kappa shape index (κ1) is 26.5. The van der Waals surface area contributed by atoms with E-state index >= 15 is 0 Å². The van der Waals surface area contributed by atoms with Crippen LogP contribution >= 0.6 is 11.3 Å². The summed E-state index contributed by atoms with van der Waals surface area (Å²) >= 11 is 0.920. The Morgan fingerprint density at radius 3 is 2.57 bits per heavy atom.